The maximum atomic E-state index is 5.84. The molecular weight excluding hydrogens is 212 g/mol. The molecule has 2 aromatic rings. The molecule has 1 unspecified atom stereocenters. The lowest BCUT2D eigenvalue weighted by Crippen LogP contribution is -2.09. The fourth-order valence-electron chi connectivity index (χ4n) is 1.55. The van der Waals surface area contributed by atoms with Gasteiger partial charge in [0.05, 0.1) is 11.7 Å². The molecule has 0 amide bonds. The predicted molar refractivity (Wildman–Crippen MR) is 69.7 cm³/mol. The molecule has 3 N–H and O–H groups in total. The van der Waals surface area contributed by atoms with Gasteiger partial charge < -0.3 is 11.1 Å². The Kier molecular flexibility index (Phi) is 3.23. The van der Waals surface area contributed by atoms with Gasteiger partial charge in [0.2, 0.25) is 0 Å². The number of nitrogens with two attached hydrogens (primary N) is 1. The molecule has 0 aliphatic rings. The number of pyridine rings is 2. The Morgan fingerprint density at radius 1 is 1.29 bits per heavy atom. The van der Waals surface area contributed by atoms with Crippen molar-refractivity contribution in [2.24, 2.45) is 0 Å². The first kappa shape index (κ1) is 11.4. The molecule has 0 saturated heterocycles. The van der Waals surface area contributed by atoms with E-state index in [1.807, 2.05) is 38.1 Å². The fourth-order valence-corrected chi connectivity index (χ4v) is 1.55. The first-order valence-corrected chi connectivity index (χ1v) is 5.56. The van der Waals surface area contributed by atoms with E-state index >= 15 is 0 Å². The minimum atomic E-state index is 0.103. The maximum absolute atomic E-state index is 5.84. The van der Waals surface area contributed by atoms with Crippen LogP contribution in [-0.2, 0) is 0 Å². The zero-order valence-corrected chi connectivity index (χ0v) is 10.0. The van der Waals surface area contributed by atoms with Crippen LogP contribution in [0.15, 0.2) is 36.7 Å². The zero-order valence-electron chi connectivity index (χ0n) is 10.0. The first-order valence-electron chi connectivity index (χ1n) is 5.56. The Balaban J connectivity index is 2.13. The van der Waals surface area contributed by atoms with Crippen LogP contribution in [0.5, 0.6) is 0 Å². The average Bonchev–Trinajstić information content (AvgIpc) is 2.35. The van der Waals surface area contributed by atoms with Crippen LogP contribution in [0, 0.1) is 6.92 Å². The third kappa shape index (κ3) is 2.72. The second kappa shape index (κ2) is 4.82. The normalized spacial score (nSPS) is 12.1. The van der Waals surface area contributed by atoms with Crippen LogP contribution in [0.25, 0.3) is 0 Å². The molecule has 0 bridgehead atoms. The van der Waals surface area contributed by atoms with Crippen LogP contribution in [0.3, 0.4) is 0 Å². The number of anilines is 2. The number of aryl methyl sites for hydroxylation is 1. The molecule has 0 aromatic carbocycles. The van der Waals surface area contributed by atoms with Gasteiger partial charge in [-0.15, -0.1) is 0 Å². The Bertz CT molecular complexity index is 496. The van der Waals surface area contributed by atoms with Crippen molar-refractivity contribution in [2.75, 3.05) is 11.1 Å². The lowest BCUT2D eigenvalue weighted by Gasteiger charge is -2.14. The van der Waals surface area contributed by atoms with E-state index in [0.717, 1.165) is 22.8 Å². The summed E-state index contributed by atoms with van der Waals surface area (Å²) in [5.41, 5.74) is 8.55. The van der Waals surface area contributed by atoms with E-state index in [1.165, 1.54) is 0 Å². The third-order valence-corrected chi connectivity index (χ3v) is 2.64. The minimum absolute atomic E-state index is 0.103. The molecule has 0 radical (unpaired) electrons. The number of nitrogens with zero attached hydrogens (tertiary/aromatic N) is 2. The molecule has 2 aromatic heterocycles. The van der Waals surface area contributed by atoms with Gasteiger partial charge in [-0.1, -0.05) is 6.07 Å². The van der Waals surface area contributed by atoms with E-state index in [9.17, 15) is 0 Å². The van der Waals surface area contributed by atoms with Gasteiger partial charge >= 0.3 is 0 Å². The van der Waals surface area contributed by atoms with Crippen molar-refractivity contribution in [3.05, 3.63) is 47.9 Å². The van der Waals surface area contributed by atoms with Crippen LogP contribution in [0.1, 0.15) is 24.2 Å². The summed E-state index contributed by atoms with van der Waals surface area (Å²) in [7, 11) is 0. The minimum Gasteiger partial charge on any atom is -0.398 e. The highest BCUT2D eigenvalue weighted by molar-refractivity contribution is 5.53. The Morgan fingerprint density at radius 3 is 2.76 bits per heavy atom. The monoisotopic (exact) mass is 228 g/mol. The average molecular weight is 228 g/mol. The highest BCUT2D eigenvalue weighted by Gasteiger charge is 2.07. The summed E-state index contributed by atoms with van der Waals surface area (Å²) in [6.07, 6.45) is 3.55. The van der Waals surface area contributed by atoms with Crippen molar-refractivity contribution >= 4 is 11.5 Å². The lowest BCUT2D eigenvalue weighted by molar-refractivity contribution is 0.832. The van der Waals surface area contributed by atoms with Gasteiger partial charge in [-0.25, -0.2) is 4.98 Å². The number of hydrogen-bond donors (Lipinski definition) is 2. The number of hydrogen-bond acceptors (Lipinski definition) is 4. The van der Waals surface area contributed by atoms with E-state index in [1.54, 1.807) is 12.4 Å². The van der Waals surface area contributed by atoms with Crippen molar-refractivity contribution in [3.8, 4) is 0 Å². The highest BCUT2D eigenvalue weighted by atomic mass is 15.0. The fraction of sp³-hybridized carbons (Fsp3) is 0.231. The molecule has 0 spiro atoms. The molecule has 1 atom stereocenters. The molecule has 0 aliphatic heterocycles. The van der Waals surface area contributed by atoms with E-state index in [2.05, 4.69) is 15.3 Å². The van der Waals surface area contributed by atoms with E-state index in [-0.39, 0.29) is 6.04 Å². The van der Waals surface area contributed by atoms with Gasteiger partial charge in [0.25, 0.3) is 0 Å². The number of aromatic nitrogens is 2. The number of nitrogens with one attached hydrogen (secondary N) is 1. The van der Waals surface area contributed by atoms with Crippen LogP contribution in [-0.4, -0.2) is 9.97 Å². The van der Waals surface area contributed by atoms with Gasteiger partial charge in [0.1, 0.15) is 5.82 Å². The zero-order chi connectivity index (χ0) is 12.3. The van der Waals surface area contributed by atoms with Crippen molar-refractivity contribution < 1.29 is 0 Å². The van der Waals surface area contributed by atoms with Crippen molar-refractivity contribution in [1.82, 2.24) is 9.97 Å². The van der Waals surface area contributed by atoms with E-state index in [4.69, 9.17) is 5.73 Å². The molecule has 0 fully saturated rings. The third-order valence-electron chi connectivity index (χ3n) is 2.64. The molecule has 4 heteroatoms. The lowest BCUT2D eigenvalue weighted by atomic mass is 10.2. The van der Waals surface area contributed by atoms with Gasteiger partial charge in [-0.05, 0) is 31.5 Å². The highest BCUT2D eigenvalue weighted by Crippen LogP contribution is 2.18. The molecule has 2 rings (SSSR count). The summed E-state index contributed by atoms with van der Waals surface area (Å²) in [5.74, 6) is 0.770. The molecular formula is C13H16N4. The van der Waals surface area contributed by atoms with Gasteiger partial charge in [0, 0.05) is 24.1 Å². The maximum Gasteiger partial charge on any atom is 0.128 e. The van der Waals surface area contributed by atoms with Gasteiger partial charge in [-0.2, -0.15) is 0 Å². The van der Waals surface area contributed by atoms with Crippen molar-refractivity contribution in [2.45, 2.75) is 19.9 Å². The smallest absolute Gasteiger partial charge is 0.128 e. The number of nitrogen functional groups attached to an aromatic ring is 1. The second-order valence-corrected chi connectivity index (χ2v) is 4.05. The summed E-state index contributed by atoms with van der Waals surface area (Å²) in [6.45, 7) is 3.98. The van der Waals surface area contributed by atoms with Crippen LogP contribution in [0.4, 0.5) is 11.5 Å². The SMILES string of the molecule is Cc1cnc(NC(C)c2ccccn2)cc1N. The van der Waals surface area contributed by atoms with Crippen LogP contribution in [0.2, 0.25) is 0 Å². The standard InChI is InChI=1S/C13H16N4/c1-9-8-16-13(7-11(9)14)17-10(2)12-5-3-4-6-15-12/h3-8,10H,1-2H3,(H3,14,16,17). The molecule has 4 nitrogen and oxygen atoms in total. The summed E-state index contributed by atoms with van der Waals surface area (Å²) in [4.78, 5) is 8.58. The van der Waals surface area contributed by atoms with Crippen LogP contribution < -0.4 is 11.1 Å². The summed E-state index contributed by atoms with van der Waals surface area (Å²) in [5, 5.41) is 3.27. The summed E-state index contributed by atoms with van der Waals surface area (Å²) < 4.78 is 0. The molecule has 17 heavy (non-hydrogen) atoms. The largest absolute Gasteiger partial charge is 0.398 e. The Hall–Kier alpha value is -2.10. The van der Waals surface area contributed by atoms with E-state index in [0.29, 0.717) is 0 Å². The quantitative estimate of drug-likeness (QED) is 0.847. The van der Waals surface area contributed by atoms with Gasteiger partial charge in [-0.3, -0.25) is 4.98 Å². The molecule has 0 saturated carbocycles. The van der Waals surface area contributed by atoms with Crippen LogP contribution >= 0.6 is 0 Å². The molecule has 88 valence electrons. The Labute approximate surface area is 101 Å². The Morgan fingerprint density at radius 2 is 2.12 bits per heavy atom. The van der Waals surface area contributed by atoms with Crippen molar-refractivity contribution in [1.29, 1.82) is 0 Å². The predicted octanol–water partition coefficient (Wildman–Crippen LogP) is 2.54. The van der Waals surface area contributed by atoms with Crippen molar-refractivity contribution in [3.63, 3.8) is 0 Å². The summed E-state index contributed by atoms with van der Waals surface area (Å²) >= 11 is 0. The first-order chi connectivity index (χ1) is 8.16. The topological polar surface area (TPSA) is 63.8 Å². The summed E-state index contributed by atoms with van der Waals surface area (Å²) in [6, 6.07) is 7.80. The molecule has 0 aliphatic carbocycles. The second-order valence-electron chi connectivity index (χ2n) is 4.05. The molecule has 2 heterocycles. The van der Waals surface area contributed by atoms with E-state index < -0.39 is 0 Å². The van der Waals surface area contributed by atoms with Gasteiger partial charge in [0.15, 0.2) is 0 Å². The number of rotatable bonds is 3.